The predicted molar refractivity (Wildman–Crippen MR) is 86.5 cm³/mol. The Hall–Kier alpha value is -2.35. The van der Waals surface area contributed by atoms with E-state index in [0.29, 0.717) is 0 Å². The minimum atomic E-state index is -1.08. The molecule has 1 heterocycles. The number of para-hydroxylation sites is 1. The second-order valence-corrected chi connectivity index (χ2v) is 3.63. The zero-order valence-corrected chi connectivity index (χ0v) is 14.7. The molecule has 0 aliphatic carbocycles. The number of carboxylic acids is 2. The number of hydrogen-bond donors (Lipinski definition) is 3. The third-order valence-corrected chi connectivity index (χ3v) is 1.51. The van der Waals surface area contributed by atoms with Crippen molar-refractivity contribution in [3.05, 3.63) is 42.6 Å². The Bertz CT molecular complexity index is 508. The van der Waals surface area contributed by atoms with Gasteiger partial charge in [0.1, 0.15) is 0 Å². The van der Waals surface area contributed by atoms with Crippen molar-refractivity contribution in [2.24, 2.45) is 11.5 Å². The Balaban J connectivity index is -0.000000124. The van der Waals surface area contributed by atoms with Gasteiger partial charge in [0.25, 0.3) is 0 Å². The Morgan fingerprint density at radius 3 is 1.71 bits per heavy atom. The number of aliphatic carboxylic acids is 2. The van der Waals surface area contributed by atoms with Gasteiger partial charge in [-0.25, -0.2) is 0 Å². The van der Waals surface area contributed by atoms with Crippen LogP contribution in [0.1, 0.15) is 13.8 Å². The summed E-state index contributed by atoms with van der Waals surface area (Å²) in [5.74, 6) is -2.50. The van der Waals surface area contributed by atoms with Gasteiger partial charge in [0.2, 0.25) is 0 Å². The molecule has 1 radical (unpaired) electrons. The molecule has 0 bridgehead atoms. The van der Waals surface area contributed by atoms with E-state index < -0.39 is 11.9 Å². The maximum absolute atomic E-state index is 8.89. The standard InChI is InChI=1S/C9H7N.2C2H4O2.CH5N3.ClH.Cu/c1-2-6-9-8(4-1)5-3-7-10-9;2*1-2(3)4;2-1(3)4;;/h1-7H;2*1H3,(H,3,4);(H5,2,3,4);1H;/q;;;;;+2/p-2. The van der Waals surface area contributed by atoms with Gasteiger partial charge in [0.15, 0.2) is 5.96 Å². The number of nitrogens with two attached hydrogens (primary N) is 2. The van der Waals surface area contributed by atoms with E-state index in [1.54, 1.807) is 0 Å². The zero-order valence-electron chi connectivity index (χ0n) is 13.0. The van der Waals surface area contributed by atoms with Gasteiger partial charge >= 0.3 is 17.1 Å². The van der Waals surface area contributed by atoms with E-state index in [0.717, 1.165) is 19.4 Å². The van der Waals surface area contributed by atoms with Crippen molar-refractivity contribution in [1.82, 2.24) is 4.98 Å². The number of fused-ring (bicyclic) bond motifs is 1. The Kier molecular flexibility index (Phi) is 23.1. The molecular weight excluding hydrogens is 387 g/mol. The molecule has 5 N–H and O–H groups in total. The number of guanidine groups is 1. The summed E-state index contributed by atoms with van der Waals surface area (Å²) in [5, 5.41) is 25.0. The molecule has 0 amide bonds. The van der Waals surface area contributed by atoms with E-state index in [1.165, 1.54) is 5.39 Å². The summed E-state index contributed by atoms with van der Waals surface area (Å²) >= 11 is 0. The smallest absolute Gasteiger partial charge is 0.550 e. The molecule has 0 saturated carbocycles. The van der Waals surface area contributed by atoms with Crippen LogP contribution in [0.5, 0.6) is 0 Å². The third kappa shape index (κ3) is 27.9. The molecule has 2 rings (SSSR count). The number of hydrogen-bond acceptors (Lipinski definition) is 6. The number of carbonyl (C=O) groups excluding carboxylic acids is 2. The second-order valence-electron chi connectivity index (χ2n) is 3.63. The molecule has 0 aliphatic rings. The average molecular weight is 406 g/mol. The van der Waals surface area contributed by atoms with Gasteiger partial charge in [-0.3, -0.25) is 10.4 Å². The van der Waals surface area contributed by atoms with Crippen LogP contribution in [0.2, 0.25) is 0 Å². The van der Waals surface area contributed by atoms with Crippen LogP contribution in [0.15, 0.2) is 42.6 Å². The Labute approximate surface area is 156 Å². The topological polar surface area (TPSA) is 169 Å². The molecule has 0 saturated heterocycles. The fourth-order valence-electron chi connectivity index (χ4n) is 1.02. The summed E-state index contributed by atoms with van der Waals surface area (Å²) in [6.45, 7) is 1.94. The summed E-state index contributed by atoms with van der Waals surface area (Å²) in [6, 6.07) is 12.1. The van der Waals surface area contributed by atoms with Gasteiger partial charge in [0.05, 0.1) is 5.52 Å². The SMILES string of the molecule is CC(=O)[O-].CC(=O)[O-].Cl.N=C(N)N.[Cu+2].c1ccc2ncccc2c1. The Morgan fingerprint density at radius 1 is 1.00 bits per heavy atom. The first-order valence-electron chi connectivity index (χ1n) is 5.91. The predicted octanol–water partition coefficient (Wildman–Crippen LogP) is -0.995. The van der Waals surface area contributed by atoms with Gasteiger partial charge in [-0.05, 0) is 26.0 Å². The minimum absolute atomic E-state index is 0. The first-order valence-corrected chi connectivity index (χ1v) is 5.91. The summed E-state index contributed by atoms with van der Waals surface area (Å²) in [4.78, 5) is 22.0. The summed E-state index contributed by atoms with van der Waals surface area (Å²) in [6.07, 6.45) is 1.81. The van der Waals surface area contributed by atoms with Crippen molar-refractivity contribution >= 4 is 41.2 Å². The molecule has 1 aromatic heterocycles. The number of carbonyl (C=O) groups is 2. The molecule has 8 nitrogen and oxygen atoms in total. The second kappa shape index (κ2) is 18.7. The maximum atomic E-state index is 8.89. The quantitative estimate of drug-likeness (QED) is 0.286. The van der Waals surface area contributed by atoms with Gasteiger partial charge in [0, 0.05) is 23.5 Å². The summed E-state index contributed by atoms with van der Waals surface area (Å²) in [7, 11) is 0. The molecule has 0 unspecified atom stereocenters. The largest absolute Gasteiger partial charge is 2.00 e. The first-order chi connectivity index (χ1) is 10.2. The van der Waals surface area contributed by atoms with Gasteiger partial charge < -0.3 is 31.3 Å². The minimum Gasteiger partial charge on any atom is -0.550 e. The maximum Gasteiger partial charge on any atom is 2.00 e. The van der Waals surface area contributed by atoms with Crippen molar-refractivity contribution in [3.8, 4) is 0 Å². The molecule has 0 fully saturated rings. The molecular formula is C14H19ClCuN4O4. The van der Waals surface area contributed by atoms with Crippen molar-refractivity contribution in [3.63, 3.8) is 0 Å². The zero-order chi connectivity index (χ0) is 17.5. The van der Waals surface area contributed by atoms with Gasteiger partial charge in [-0.2, -0.15) is 0 Å². The van der Waals surface area contributed by atoms with Crippen molar-refractivity contribution in [1.29, 1.82) is 5.41 Å². The summed E-state index contributed by atoms with van der Waals surface area (Å²) < 4.78 is 0. The van der Waals surface area contributed by atoms with Crippen LogP contribution in [0.4, 0.5) is 0 Å². The number of nitrogens with zero attached hydrogens (tertiary/aromatic N) is 1. The van der Waals surface area contributed by atoms with Crippen LogP contribution < -0.4 is 21.7 Å². The molecule has 24 heavy (non-hydrogen) atoms. The summed E-state index contributed by atoms with van der Waals surface area (Å²) in [5.41, 5.74) is 10.0. The van der Waals surface area contributed by atoms with Crippen molar-refractivity contribution in [2.45, 2.75) is 13.8 Å². The Morgan fingerprint density at radius 2 is 1.33 bits per heavy atom. The van der Waals surface area contributed by atoms with Crippen LogP contribution in [0, 0.1) is 5.41 Å². The third-order valence-electron chi connectivity index (χ3n) is 1.51. The number of rotatable bonds is 0. The van der Waals surface area contributed by atoms with E-state index in [4.69, 9.17) is 25.2 Å². The molecule has 137 valence electrons. The van der Waals surface area contributed by atoms with Crippen LogP contribution in [0.25, 0.3) is 10.9 Å². The molecule has 2 aromatic rings. The molecule has 0 spiro atoms. The molecule has 1 aromatic carbocycles. The number of halogens is 1. The van der Waals surface area contributed by atoms with Crippen LogP contribution in [-0.2, 0) is 26.7 Å². The van der Waals surface area contributed by atoms with E-state index in [-0.39, 0.29) is 35.4 Å². The molecule has 0 atom stereocenters. The number of nitrogens with one attached hydrogen (secondary N) is 1. The monoisotopic (exact) mass is 405 g/mol. The number of benzene rings is 1. The molecule has 0 aliphatic heterocycles. The number of pyridine rings is 1. The fourth-order valence-corrected chi connectivity index (χ4v) is 1.02. The van der Waals surface area contributed by atoms with E-state index in [1.807, 2.05) is 30.5 Å². The van der Waals surface area contributed by atoms with Crippen molar-refractivity contribution in [2.75, 3.05) is 0 Å². The van der Waals surface area contributed by atoms with Crippen LogP contribution in [-0.4, -0.2) is 22.9 Å². The van der Waals surface area contributed by atoms with E-state index in [9.17, 15) is 0 Å². The van der Waals surface area contributed by atoms with Crippen LogP contribution >= 0.6 is 12.4 Å². The number of carboxylic acid groups (broad SMARTS) is 2. The van der Waals surface area contributed by atoms with Crippen molar-refractivity contribution < 1.29 is 36.9 Å². The van der Waals surface area contributed by atoms with E-state index >= 15 is 0 Å². The van der Waals surface area contributed by atoms with Crippen LogP contribution in [0.3, 0.4) is 0 Å². The normalized spacial score (nSPS) is 7.25. The van der Waals surface area contributed by atoms with Gasteiger partial charge in [-0.1, -0.05) is 24.3 Å². The number of aromatic nitrogens is 1. The van der Waals surface area contributed by atoms with Gasteiger partial charge in [-0.15, -0.1) is 12.4 Å². The molecule has 10 heteroatoms. The fraction of sp³-hybridized carbons (Fsp3) is 0.143. The first kappa shape index (κ1) is 29.6. The average Bonchev–Trinajstić information content (AvgIpc) is 2.37. The van der Waals surface area contributed by atoms with E-state index in [2.05, 4.69) is 28.6 Å².